The first-order valence-electron chi connectivity index (χ1n) is 11.1. The molecule has 0 spiro atoms. The Morgan fingerprint density at radius 1 is 0.808 bits per heavy atom. The minimum absolute atomic E-state index is 0.0674. The SMILES string of the molecule is CC(=O)NCCCNCCCN1CCCC/C=C\CCCCCCCC1. The molecule has 4 nitrogen and oxygen atoms in total. The quantitative estimate of drug-likeness (QED) is 0.499. The first-order valence-corrected chi connectivity index (χ1v) is 11.1. The van der Waals surface area contributed by atoms with Crippen LogP contribution in [-0.2, 0) is 4.79 Å². The Hall–Kier alpha value is -0.870. The largest absolute Gasteiger partial charge is 0.356 e. The van der Waals surface area contributed by atoms with Gasteiger partial charge in [0.1, 0.15) is 0 Å². The molecule has 1 aliphatic rings. The number of allylic oxidation sites excluding steroid dienone is 2. The van der Waals surface area contributed by atoms with Gasteiger partial charge in [-0.05, 0) is 84.1 Å². The number of rotatable bonds is 8. The molecule has 152 valence electrons. The first-order chi connectivity index (χ1) is 12.8. The molecular weight excluding hydrogens is 322 g/mol. The van der Waals surface area contributed by atoms with Crippen molar-refractivity contribution < 1.29 is 4.79 Å². The lowest BCUT2D eigenvalue weighted by atomic mass is 10.1. The fraction of sp³-hybridized carbons (Fsp3) is 0.864. The summed E-state index contributed by atoms with van der Waals surface area (Å²) in [4.78, 5) is 13.5. The van der Waals surface area contributed by atoms with Gasteiger partial charge in [0.25, 0.3) is 0 Å². The van der Waals surface area contributed by atoms with Crippen molar-refractivity contribution in [2.24, 2.45) is 0 Å². The molecule has 0 aromatic carbocycles. The predicted molar refractivity (Wildman–Crippen MR) is 113 cm³/mol. The van der Waals surface area contributed by atoms with Gasteiger partial charge in [0.15, 0.2) is 0 Å². The van der Waals surface area contributed by atoms with Gasteiger partial charge < -0.3 is 15.5 Å². The van der Waals surface area contributed by atoms with Gasteiger partial charge in [-0.15, -0.1) is 0 Å². The highest BCUT2D eigenvalue weighted by molar-refractivity contribution is 5.72. The molecule has 0 radical (unpaired) electrons. The molecule has 1 aliphatic heterocycles. The molecule has 0 aliphatic carbocycles. The van der Waals surface area contributed by atoms with Crippen molar-refractivity contribution in [1.29, 1.82) is 0 Å². The molecule has 0 saturated heterocycles. The number of amides is 1. The highest BCUT2D eigenvalue weighted by Gasteiger charge is 2.05. The van der Waals surface area contributed by atoms with Crippen LogP contribution in [0.4, 0.5) is 0 Å². The highest BCUT2D eigenvalue weighted by Crippen LogP contribution is 2.10. The Bertz CT molecular complexity index is 357. The third-order valence-electron chi connectivity index (χ3n) is 5.09. The van der Waals surface area contributed by atoms with E-state index >= 15 is 0 Å². The van der Waals surface area contributed by atoms with Gasteiger partial charge in [-0.25, -0.2) is 0 Å². The number of hydrogen-bond acceptors (Lipinski definition) is 3. The maximum atomic E-state index is 10.8. The summed E-state index contributed by atoms with van der Waals surface area (Å²) in [5.41, 5.74) is 0. The second-order valence-electron chi connectivity index (χ2n) is 7.66. The second kappa shape index (κ2) is 17.5. The van der Waals surface area contributed by atoms with Crippen molar-refractivity contribution in [3.8, 4) is 0 Å². The number of carbonyl (C=O) groups excluding carboxylic acids is 1. The second-order valence-corrected chi connectivity index (χ2v) is 7.66. The van der Waals surface area contributed by atoms with Crippen LogP contribution >= 0.6 is 0 Å². The van der Waals surface area contributed by atoms with Crippen LogP contribution in [0.1, 0.15) is 84.0 Å². The lowest BCUT2D eigenvalue weighted by molar-refractivity contribution is -0.118. The van der Waals surface area contributed by atoms with E-state index in [1.807, 2.05) is 0 Å². The molecule has 0 unspecified atom stereocenters. The van der Waals surface area contributed by atoms with Crippen LogP contribution in [0.2, 0.25) is 0 Å². The predicted octanol–water partition coefficient (Wildman–Crippen LogP) is 4.27. The van der Waals surface area contributed by atoms with E-state index in [1.54, 1.807) is 6.92 Å². The summed E-state index contributed by atoms with van der Waals surface area (Å²) in [7, 11) is 0. The summed E-state index contributed by atoms with van der Waals surface area (Å²) in [5, 5.41) is 6.34. The van der Waals surface area contributed by atoms with Crippen LogP contribution in [0.15, 0.2) is 12.2 Å². The Balaban J connectivity index is 2.12. The molecule has 4 heteroatoms. The van der Waals surface area contributed by atoms with Crippen LogP contribution in [0.25, 0.3) is 0 Å². The van der Waals surface area contributed by atoms with Crippen LogP contribution in [-0.4, -0.2) is 50.1 Å². The number of hydrogen-bond donors (Lipinski definition) is 2. The van der Waals surface area contributed by atoms with Crippen molar-refractivity contribution in [3.63, 3.8) is 0 Å². The average Bonchev–Trinajstić information content (AvgIpc) is 2.63. The lowest BCUT2D eigenvalue weighted by Crippen LogP contribution is -2.30. The van der Waals surface area contributed by atoms with E-state index in [1.165, 1.54) is 90.3 Å². The van der Waals surface area contributed by atoms with Crippen LogP contribution in [0.3, 0.4) is 0 Å². The van der Waals surface area contributed by atoms with E-state index in [-0.39, 0.29) is 5.91 Å². The Kier molecular flexibility index (Phi) is 15.6. The Labute approximate surface area is 162 Å². The summed E-state index contributed by atoms with van der Waals surface area (Å²) in [6, 6.07) is 0. The van der Waals surface area contributed by atoms with Crippen molar-refractivity contribution in [3.05, 3.63) is 12.2 Å². The van der Waals surface area contributed by atoms with E-state index < -0.39 is 0 Å². The van der Waals surface area contributed by atoms with Crippen LogP contribution < -0.4 is 10.6 Å². The number of carbonyl (C=O) groups is 1. The normalized spacial score (nSPS) is 20.0. The topological polar surface area (TPSA) is 44.4 Å². The van der Waals surface area contributed by atoms with Crippen molar-refractivity contribution >= 4 is 5.91 Å². The smallest absolute Gasteiger partial charge is 0.216 e. The molecule has 26 heavy (non-hydrogen) atoms. The maximum Gasteiger partial charge on any atom is 0.216 e. The average molecular weight is 366 g/mol. The summed E-state index contributed by atoms with van der Waals surface area (Å²) in [6.45, 7) is 8.18. The van der Waals surface area contributed by atoms with E-state index in [0.29, 0.717) is 0 Å². The minimum Gasteiger partial charge on any atom is -0.356 e. The lowest BCUT2D eigenvalue weighted by Gasteiger charge is -2.22. The van der Waals surface area contributed by atoms with Gasteiger partial charge in [-0.3, -0.25) is 4.79 Å². The first kappa shape index (κ1) is 23.2. The Morgan fingerprint density at radius 3 is 2.12 bits per heavy atom. The van der Waals surface area contributed by atoms with E-state index in [2.05, 4.69) is 27.7 Å². The zero-order valence-electron chi connectivity index (χ0n) is 17.2. The zero-order valence-corrected chi connectivity index (χ0v) is 17.2. The molecule has 1 heterocycles. The van der Waals surface area contributed by atoms with Crippen LogP contribution in [0.5, 0.6) is 0 Å². The van der Waals surface area contributed by atoms with Crippen molar-refractivity contribution in [1.82, 2.24) is 15.5 Å². The van der Waals surface area contributed by atoms with Gasteiger partial charge in [-0.1, -0.05) is 37.8 Å². The monoisotopic (exact) mass is 365 g/mol. The summed E-state index contributed by atoms with van der Waals surface area (Å²) in [6.07, 6.45) is 20.6. The third-order valence-corrected chi connectivity index (χ3v) is 5.09. The van der Waals surface area contributed by atoms with Gasteiger partial charge >= 0.3 is 0 Å². The van der Waals surface area contributed by atoms with Crippen molar-refractivity contribution in [2.45, 2.75) is 84.0 Å². The zero-order chi connectivity index (χ0) is 18.7. The summed E-state index contributed by atoms with van der Waals surface area (Å²) in [5.74, 6) is 0.0674. The molecule has 0 fully saturated rings. The molecule has 0 atom stereocenters. The third kappa shape index (κ3) is 15.4. The molecular formula is C22H43N3O. The number of nitrogens with zero attached hydrogens (tertiary/aromatic N) is 1. The summed E-state index contributed by atoms with van der Waals surface area (Å²) >= 11 is 0. The molecule has 1 rings (SSSR count). The fourth-order valence-electron chi connectivity index (χ4n) is 3.50. The molecule has 1 amide bonds. The molecule has 0 aromatic rings. The molecule has 2 N–H and O–H groups in total. The van der Waals surface area contributed by atoms with Gasteiger partial charge in [0, 0.05) is 13.5 Å². The van der Waals surface area contributed by atoms with E-state index in [4.69, 9.17) is 0 Å². The summed E-state index contributed by atoms with van der Waals surface area (Å²) < 4.78 is 0. The van der Waals surface area contributed by atoms with Crippen molar-refractivity contribution in [2.75, 3.05) is 39.3 Å². The minimum atomic E-state index is 0.0674. The van der Waals surface area contributed by atoms with Gasteiger partial charge in [0.2, 0.25) is 5.91 Å². The molecule has 0 aromatic heterocycles. The fourth-order valence-corrected chi connectivity index (χ4v) is 3.50. The Morgan fingerprint density at radius 2 is 1.38 bits per heavy atom. The van der Waals surface area contributed by atoms with E-state index in [0.717, 1.165) is 26.1 Å². The maximum absolute atomic E-state index is 10.8. The van der Waals surface area contributed by atoms with Crippen LogP contribution in [0, 0.1) is 0 Å². The molecule has 0 bridgehead atoms. The van der Waals surface area contributed by atoms with Gasteiger partial charge in [0.05, 0.1) is 0 Å². The highest BCUT2D eigenvalue weighted by atomic mass is 16.1. The molecule has 0 saturated carbocycles. The van der Waals surface area contributed by atoms with E-state index in [9.17, 15) is 4.79 Å². The number of nitrogens with one attached hydrogen (secondary N) is 2. The standard InChI is InChI=1S/C22H43N3O/c1-22(26)24-18-14-16-23-17-15-21-25-19-12-10-8-6-4-2-3-5-7-9-11-13-20-25/h4,6,23H,2-3,5,7-21H2,1H3,(H,24,26)/b6-4-. The van der Waals surface area contributed by atoms with Gasteiger partial charge in [-0.2, -0.15) is 0 Å².